The van der Waals surface area contributed by atoms with E-state index in [0.29, 0.717) is 12.1 Å². The highest BCUT2D eigenvalue weighted by Crippen LogP contribution is 2.14. The Morgan fingerprint density at radius 2 is 2.03 bits per heavy atom. The Balaban J connectivity index is 1.39. The Kier molecular flexibility index (Phi) is 9.76. The maximum atomic E-state index is 5.95. The van der Waals surface area contributed by atoms with E-state index in [0.717, 1.165) is 71.2 Å². The van der Waals surface area contributed by atoms with E-state index in [2.05, 4.69) is 52.8 Å². The predicted molar refractivity (Wildman–Crippen MR) is 118 cm³/mol. The molecule has 162 valence electrons. The number of hydrogen-bond acceptors (Lipinski definition) is 4. The standard InChI is InChI=1S/C23H38N4O2/c1-2-24-23(25-13-7-15-29-22-11-16-28-17-12-22)26-21-10-6-14-27(19-21)18-20-8-4-3-5-9-20/h3-5,8-9,21-22H,2,6-7,10-19H2,1H3,(H2,24,25,26). The van der Waals surface area contributed by atoms with Crippen LogP contribution in [0.25, 0.3) is 0 Å². The van der Waals surface area contributed by atoms with Crippen LogP contribution in [0.15, 0.2) is 35.3 Å². The number of nitrogens with one attached hydrogen (secondary N) is 2. The molecule has 0 radical (unpaired) electrons. The first kappa shape index (κ1) is 22.1. The van der Waals surface area contributed by atoms with Crippen molar-refractivity contribution in [3.8, 4) is 0 Å². The van der Waals surface area contributed by atoms with Gasteiger partial charge in [0.15, 0.2) is 5.96 Å². The Hall–Kier alpha value is -1.63. The third-order valence-electron chi connectivity index (χ3n) is 5.53. The van der Waals surface area contributed by atoms with Gasteiger partial charge in [0.1, 0.15) is 0 Å². The van der Waals surface area contributed by atoms with Gasteiger partial charge in [0, 0.05) is 52.0 Å². The molecule has 1 aromatic carbocycles. The van der Waals surface area contributed by atoms with E-state index in [1.54, 1.807) is 0 Å². The molecule has 2 aliphatic heterocycles. The quantitative estimate of drug-likeness (QED) is 0.378. The van der Waals surface area contributed by atoms with Crippen LogP contribution in [0.5, 0.6) is 0 Å². The van der Waals surface area contributed by atoms with Crippen molar-refractivity contribution in [3.05, 3.63) is 35.9 Å². The van der Waals surface area contributed by atoms with Crippen molar-refractivity contribution in [2.75, 3.05) is 46.0 Å². The number of likely N-dealkylation sites (tertiary alicyclic amines) is 1. The highest BCUT2D eigenvalue weighted by Gasteiger charge is 2.20. The molecular weight excluding hydrogens is 364 g/mol. The van der Waals surface area contributed by atoms with Crippen molar-refractivity contribution in [1.82, 2.24) is 15.5 Å². The molecule has 2 heterocycles. The number of ether oxygens (including phenoxy) is 2. The monoisotopic (exact) mass is 402 g/mol. The Morgan fingerprint density at radius 1 is 1.21 bits per heavy atom. The highest BCUT2D eigenvalue weighted by molar-refractivity contribution is 5.80. The molecule has 2 aliphatic rings. The summed E-state index contributed by atoms with van der Waals surface area (Å²) in [6.07, 6.45) is 5.80. The summed E-state index contributed by atoms with van der Waals surface area (Å²) >= 11 is 0. The molecule has 2 N–H and O–H groups in total. The second-order valence-corrected chi connectivity index (χ2v) is 8.00. The minimum Gasteiger partial charge on any atom is -0.381 e. The molecule has 2 fully saturated rings. The van der Waals surface area contributed by atoms with Crippen LogP contribution in [0.3, 0.4) is 0 Å². The smallest absolute Gasteiger partial charge is 0.191 e. The predicted octanol–water partition coefficient (Wildman–Crippen LogP) is 2.79. The summed E-state index contributed by atoms with van der Waals surface area (Å²) in [5.74, 6) is 0.935. The molecule has 1 unspecified atom stereocenters. The number of hydrogen-bond donors (Lipinski definition) is 2. The zero-order chi connectivity index (χ0) is 20.2. The molecule has 1 atom stereocenters. The number of piperidine rings is 1. The number of benzene rings is 1. The highest BCUT2D eigenvalue weighted by atomic mass is 16.5. The number of nitrogens with zero attached hydrogens (tertiary/aromatic N) is 2. The van der Waals surface area contributed by atoms with Crippen LogP contribution < -0.4 is 10.6 Å². The van der Waals surface area contributed by atoms with Crippen LogP contribution in [0.4, 0.5) is 0 Å². The van der Waals surface area contributed by atoms with Gasteiger partial charge in [-0.15, -0.1) is 0 Å². The van der Waals surface area contributed by atoms with E-state index >= 15 is 0 Å². The van der Waals surface area contributed by atoms with E-state index in [4.69, 9.17) is 14.5 Å². The average molecular weight is 403 g/mol. The zero-order valence-electron chi connectivity index (χ0n) is 17.9. The zero-order valence-corrected chi connectivity index (χ0v) is 17.9. The lowest BCUT2D eigenvalue weighted by molar-refractivity contribution is -0.0318. The lowest BCUT2D eigenvalue weighted by atomic mass is 10.0. The molecular formula is C23H38N4O2. The summed E-state index contributed by atoms with van der Waals surface area (Å²) in [7, 11) is 0. The molecule has 0 aromatic heterocycles. The fourth-order valence-electron chi connectivity index (χ4n) is 4.02. The van der Waals surface area contributed by atoms with E-state index < -0.39 is 0 Å². The number of guanidine groups is 1. The first-order chi connectivity index (χ1) is 14.3. The summed E-state index contributed by atoms with van der Waals surface area (Å²) < 4.78 is 11.3. The minimum absolute atomic E-state index is 0.372. The van der Waals surface area contributed by atoms with Crippen LogP contribution in [-0.4, -0.2) is 69.0 Å². The fourth-order valence-corrected chi connectivity index (χ4v) is 4.02. The first-order valence-corrected chi connectivity index (χ1v) is 11.3. The van der Waals surface area contributed by atoms with Crippen LogP contribution in [-0.2, 0) is 16.0 Å². The molecule has 0 amide bonds. The van der Waals surface area contributed by atoms with Gasteiger partial charge in [-0.05, 0) is 51.1 Å². The van der Waals surface area contributed by atoms with Gasteiger partial charge in [0.25, 0.3) is 0 Å². The normalized spacial score (nSPS) is 21.8. The number of aliphatic imine (C=N–C) groups is 1. The second-order valence-electron chi connectivity index (χ2n) is 8.00. The molecule has 29 heavy (non-hydrogen) atoms. The topological polar surface area (TPSA) is 58.1 Å². The summed E-state index contributed by atoms with van der Waals surface area (Å²) in [6.45, 7) is 9.49. The van der Waals surface area contributed by atoms with Crippen molar-refractivity contribution in [2.24, 2.45) is 4.99 Å². The first-order valence-electron chi connectivity index (χ1n) is 11.3. The maximum Gasteiger partial charge on any atom is 0.191 e. The minimum atomic E-state index is 0.372. The van der Waals surface area contributed by atoms with Crippen LogP contribution >= 0.6 is 0 Å². The van der Waals surface area contributed by atoms with Gasteiger partial charge < -0.3 is 20.1 Å². The average Bonchev–Trinajstić information content (AvgIpc) is 2.75. The number of rotatable bonds is 9. The van der Waals surface area contributed by atoms with Gasteiger partial charge in [-0.3, -0.25) is 9.89 Å². The van der Waals surface area contributed by atoms with Gasteiger partial charge in [-0.1, -0.05) is 30.3 Å². The molecule has 0 bridgehead atoms. The molecule has 1 aromatic rings. The molecule has 0 saturated carbocycles. The van der Waals surface area contributed by atoms with E-state index in [-0.39, 0.29) is 0 Å². The third kappa shape index (κ3) is 8.33. The van der Waals surface area contributed by atoms with Gasteiger partial charge >= 0.3 is 0 Å². The van der Waals surface area contributed by atoms with Gasteiger partial charge in [0.05, 0.1) is 6.10 Å². The van der Waals surface area contributed by atoms with Crippen molar-refractivity contribution in [2.45, 2.75) is 57.7 Å². The largest absolute Gasteiger partial charge is 0.381 e. The summed E-state index contributed by atoms with van der Waals surface area (Å²) in [5, 5.41) is 7.05. The van der Waals surface area contributed by atoms with Crippen LogP contribution in [0.1, 0.15) is 44.6 Å². The summed E-state index contributed by atoms with van der Waals surface area (Å²) in [6, 6.07) is 11.2. The second kappa shape index (κ2) is 12.8. The van der Waals surface area contributed by atoms with Crippen LogP contribution in [0.2, 0.25) is 0 Å². The van der Waals surface area contributed by atoms with Crippen LogP contribution in [0, 0.1) is 0 Å². The maximum absolute atomic E-state index is 5.95. The Bertz CT molecular complexity index is 590. The van der Waals surface area contributed by atoms with Crippen molar-refractivity contribution >= 4 is 5.96 Å². The Morgan fingerprint density at radius 3 is 2.83 bits per heavy atom. The molecule has 6 nitrogen and oxygen atoms in total. The summed E-state index contributed by atoms with van der Waals surface area (Å²) in [5.41, 5.74) is 1.39. The Labute approximate surface area is 176 Å². The lowest BCUT2D eigenvalue weighted by Gasteiger charge is -2.34. The van der Waals surface area contributed by atoms with Gasteiger partial charge in [-0.2, -0.15) is 0 Å². The molecule has 2 saturated heterocycles. The third-order valence-corrected chi connectivity index (χ3v) is 5.53. The van der Waals surface area contributed by atoms with Crippen molar-refractivity contribution in [3.63, 3.8) is 0 Å². The SMILES string of the molecule is CCNC(=NCCCOC1CCOCC1)NC1CCCN(Cc2ccccc2)C1. The van der Waals surface area contributed by atoms with Gasteiger partial charge in [-0.25, -0.2) is 0 Å². The summed E-state index contributed by atoms with van der Waals surface area (Å²) in [4.78, 5) is 7.31. The van der Waals surface area contributed by atoms with E-state index in [1.807, 2.05) is 0 Å². The van der Waals surface area contributed by atoms with Gasteiger partial charge in [0.2, 0.25) is 0 Å². The van der Waals surface area contributed by atoms with E-state index in [9.17, 15) is 0 Å². The van der Waals surface area contributed by atoms with E-state index in [1.165, 1.54) is 24.9 Å². The fraction of sp³-hybridized carbons (Fsp3) is 0.696. The molecule has 6 heteroatoms. The molecule has 0 aliphatic carbocycles. The lowest BCUT2D eigenvalue weighted by Crippen LogP contribution is -2.51. The van der Waals surface area contributed by atoms with Crippen molar-refractivity contribution < 1.29 is 9.47 Å². The van der Waals surface area contributed by atoms with Crippen molar-refractivity contribution in [1.29, 1.82) is 0 Å². The molecule has 0 spiro atoms. The molecule has 3 rings (SSSR count).